The van der Waals surface area contributed by atoms with Crippen LogP contribution < -0.4 is 5.32 Å². The summed E-state index contributed by atoms with van der Waals surface area (Å²) in [5, 5.41) is 24.6. The lowest BCUT2D eigenvalue weighted by atomic mass is 10.1. The highest BCUT2D eigenvalue weighted by molar-refractivity contribution is 5.89. The molecule has 0 aliphatic carbocycles. The zero-order valence-corrected chi connectivity index (χ0v) is 14.4. The molecule has 142 valence electrons. The number of carbonyl (C=O) groups is 1. The van der Waals surface area contributed by atoms with Crippen LogP contribution in [0.25, 0.3) is 0 Å². The molecule has 0 aliphatic heterocycles. The molecule has 0 unspecified atom stereocenters. The van der Waals surface area contributed by atoms with Crippen LogP contribution in [0.15, 0.2) is 42.5 Å². The molecule has 10 nitrogen and oxygen atoms in total. The van der Waals surface area contributed by atoms with Gasteiger partial charge in [0.15, 0.2) is 0 Å². The lowest BCUT2D eigenvalue weighted by Gasteiger charge is -2.08. The van der Waals surface area contributed by atoms with E-state index < -0.39 is 15.8 Å². The molecular weight excluding hydrogens is 358 g/mol. The van der Waals surface area contributed by atoms with Crippen molar-refractivity contribution >= 4 is 23.0 Å². The first kappa shape index (κ1) is 19.8. The minimum atomic E-state index is -0.688. The molecule has 0 bridgehead atoms. The van der Waals surface area contributed by atoms with E-state index in [1.165, 1.54) is 19.2 Å². The Kier molecular flexibility index (Phi) is 6.78. The van der Waals surface area contributed by atoms with Crippen molar-refractivity contribution < 1.29 is 24.1 Å². The fourth-order valence-corrected chi connectivity index (χ4v) is 2.22. The van der Waals surface area contributed by atoms with Gasteiger partial charge in [0, 0.05) is 24.4 Å². The average Bonchev–Trinajstić information content (AvgIpc) is 2.67. The Labute approximate surface area is 154 Å². The summed E-state index contributed by atoms with van der Waals surface area (Å²) in [6.45, 7) is 0.881. The standard InChI is InChI=1S/C17H17N3O7/c1-26-17(21)13-4-2-12(3-5-13)11-27-7-6-18-14-8-15(19(22)23)10-16(9-14)20(24)25/h2-5,8-10,18H,6-7,11H2,1H3. The monoisotopic (exact) mass is 375 g/mol. The maximum Gasteiger partial charge on any atom is 0.337 e. The number of benzene rings is 2. The fraction of sp³-hybridized carbons (Fsp3) is 0.235. The van der Waals surface area contributed by atoms with Crippen LogP contribution in [-0.4, -0.2) is 36.1 Å². The van der Waals surface area contributed by atoms with E-state index in [1.54, 1.807) is 24.3 Å². The second-order valence-corrected chi connectivity index (χ2v) is 5.42. The third-order valence-electron chi connectivity index (χ3n) is 3.54. The number of carbonyl (C=O) groups excluding carboxylic acids is 1. The molecule has 2 aromatic carbocycles. The topological polar surface area (TPSA) is 134 Å². The average molecular weight is 375 g/mol. The van der Waals surface area contributed by atoms with Crippen LogP contribution >= 0.6 is 0 Å². The summed E-state index contributed by atoms with van der Waals surface area (Å²) in [6, 6.07) is 10.1. The lowest BCUT2D eigenvalue weighted by Crippen LogP contribution is -2.10. The Hall–Kier alpha value is -3.53. The Bertz CT molecular complexity index is 805. The highest BCUT2D eigenvalue weighted by Crippen LogP contribution is 2.25. The van der Waals surface area contributed by atoms with Crippen LogP contribution in [0.4, 0.5) is 17.1 Å². The minimum Gasteiger partial charge on any atom is -0.465 e. The third-order valence-corrected chi connectivity index (χ3v) is 3.54. The molecule has 2 aromatic rings. The van der Waals surface area contributed by atoms with E-state index in [4.69, 9.17) is 4.74 Å². The zero-order chi connectivity index (χ0) is 19.8. The first-order valence-corrected chi connectivity index (χ1v) is 7.83. The normalized spacial score (nSPS) is 10.3. The van der Waals surface area contributed by atoms with E-state index in [-0.39, 0.29) is 23.7 Å². The number of hydrogen-bond acceptors (Lipinski definition) is 8. The summed E-state index contributed by atoms with van der Waals surface area (Å²) < 4.78 is 10.1. The molecule has 0 aliphatic rings. The maximum atomic E-state index is 11.3. The second-order valence-electron chi connectivity index (χ2n) is 5.42. The van der Waals surface area contributed by atoms with E-state index in [9.17, 15) is 25.0 Å². The number of nitro groups is 2. The van der Waals surface area contributed by atoms with Crippen LogP contribution in [0.2, 0.25) is 0 Å². The molecule has 0 amide bonds. The van der Waals surface area contributed by atoms with Crippen molar-refractivity contribution in [3.63, 3.8) is 0 Å². The lowest BCUT2D eigenvalue weighted by molar-refractivity contribution is -0.394. The molecule has 0 fully saturated rings. The van der Waals surface area contributed by atoms with Crippen LogP contribution in [0, 0.1) is 20.2 Å². The van der Waals surface area contributed by atoms with Crippen molar-refractivity contribution in [3.05, 3.63) is 73.8 Å². The summed E-state index contributed by atoms with van der Waals surface area (Å²) in [5.41, 5.74) is 0.836. The first-order valence-electron chi connectivity index (χ1n) is 7.83. The molecule has 0 radical (unpaired) electrons. The summed E-state index contributed by atoms with van der Waals surface area (Å²) in [4.78, 5) is 31.7. The molecule has 0 aromatic heterocycles. The van der Waals surface area contributed by atoms with Gasteiger partial charge in [-0.2, -0.15) is 0 Å². The van der Waals surface area contributed by atoms with Gasteiger partial charge in [-0.25, -0.2) is 4.79 Å². The number of rotatable bonds is 9. The molecule has 0 atom stereocenters. The molecule has 1 N–H and O–H groups in total. The number of ether oxygens (including phenoxy) is 2. The summed E-state index contributed by atoms with van der Waals surface area (Å²) in [6.07, 6.45) is 0. The van der Waals surface area contributed by atoms with Gasteiger partial charge >= 0.3 is 5.97 Å². The smallest absolute Gasteiger partial charge is 0.337 e. The molecule has 0 saturated carbocycles. The van der Waals surface area contributed by atoms with Gasteiger partial charge in [0.05, 0.1) is 41.8 Å². The first-order chi connectivity index (χ1) is 12.9. The van der Waals surface area contributed by atoms with Crippen molar-refractivity contribution in [1.82, 2.24) is 0 Å². The predicted molar refractivity (Wildman–Crippen MR) is 95.7 cm³/mol. The number of nitrogens with zero attached hydrogens (tertiary/aromatic N) is 2. The molecule has 10 heteroatoms. The van der Waals surface area contributed by atoms with Crippen molar-refractivity contribution in [2.75, 3.05) is 25.6 Å². The van der Waals surface area contributed by atoms with Crippen molar-refractivity contribution in [2.45, 2.75) is 6.61 Å². The molecular formula is C17H17N3O7. The van der Waals surface area contributed by atoms with Gasteiger partial charge < -0.3 is 14.8 Å². The summed E-state index contributed by atoms with van der Waals surface area (Å²) in [7, 11) is 1.31. The Morgan fingerprint density at radius 3 is 2.15 bits per heavy atom. The number of hydrogen-bond donors (Lipinski definition) is 1. The number of anilines is 1. The summed E-state index contributed by atoms with van der Waals surface area (Å²) >= 11 is 0. The summed E-state index contributed by atoms with van der Waals surface area (Å²) in [5.74, 6) is -0.419. The number of non-ortho nitro benzene ring substituents is 2. The minimum absolute atomic E-state index is 0.266. The van der Waals surface area contributed by atoms with E-state index in [0.29, 0.717) is 18.7 Å². The number of methoxy groups -OCH3 is 1. The van der Waals surface area contributed by atoms with Gasteiger partial charge in [-0.15, -0.1) is 0 Å². The SMILES string of the molecule is COC(=O)c1ccc(COCCNc2cc([N+](=O)[O-])cc([N+](=O)[O-])c2)cc1. The van der Waals surface area contributed by atoms with Crippen LogP contribution in [0.3, 0.4) is 0 Å². The molecule has 27 heavy (non-hydrogen) atoms. The van der Waals surface area contributed by atoms with Gasteiger partial charge in [0.25, 0.3) is 11.4 Å². The second kappa shape index (κ2) is 9.25. The van der Waals surface area contributed by atoms with Crippen molar-refractivity contribution in [3.8, 4) is 0 Å². The third kappa shape index (κ3) is 5.75. The number of nitro benzene ring substituents is 2. The van der Waals surface area contributed by atoms with E-state index in [0.717, 1.165) is 11.6 Å². The molecule has 0 spiro atoms. The fourth-order valence-electron chi connectivity index (χ4n) is 2.22. The van der Waals surface area contributed by atoms with Gasteiger partial charge in [-0.1, -0.05) is 12.1 Å². The van der Waals surface area contributed by atoms with Gasteiger partial charge in [0.2, 0.25) is 0 Å². The van der Waals surface area contributed by atoms with Crippen LogP contribution in [0.5, 0.6) is 0 Å². The van der Waals surface area contributed by atoms with Crippen LogP contribution in [-0.2, 0) is 16.1 Å². The van der Waals surface area contributed by atoms with E-state index in [1.807, 2.05) is 0 Å². The van der Waals surface area contributed by atoms with Gasteiger partial charge in [0.1, 0.15) is 0 Å². The highest BCUT2D eigenvalue weighted by atomic mass is 16.6. The Balaban J connectivity index is 1.84. The van der Waals surface area contributed by atoms with E-state index >= 15 is 0 Å². The largest absolute Gasteiger partial charge is 0.465 e. The highest BCUT2D eigenvalue weighted by Gasteiger charge is 2.16. The van der Waals surface area contributed by atoms with E-state index in [2.05, 4.69) is 10.1 Å². The zero-order valence-electron chi connectivity index (χ0n) is 14.4. The van der Waals surface area contributed by atoms with Gasteiger partial charge in [-0.05, 0) is 17.7 Å². The van der Waals surface area contributed by atoms with Gasteiger partial charge in [-0.3, -0.25) is 20.2 Å². The number of nitrogens with one attached hydrogen (secondary N) is 1. The predicted octanol–water partition coefficient (Wildman–Crippen LogP) is 2.92. The van der Waals surface area contributed by atoms with Crippen molar-refractivity contribution in [1.29, 1.82) is 0 Å². The Morgan fingerprint density at radius 2 is 1.63 bits per heavy atom. The van der Waals surface area contributed by atoms with Crippen molar-refractivity contribution in [2.24, 2.45) is 0 Å². The number of esters is 1. The maximum absolute atomic E-state index is 11.3. The quantitative estimate of drug-likeness (QED) is 0.306. The Morgan fingerprint density at radius 1 is 1.04 bits per heavy atom. The van der Waals surface area contributed by atoms with Crippen LogP contribution in [0.1, 0.15) is 15.9 Å². The molecule has 0 heterocycles. The molecule has 2 rings (SSSR count). The molecule has 0 saturated heterocycles.